The third-order valence-electron chi connectivity index (χ3n) is 7.81. The van der Waals surface area contributed by atoms with Crippen molar-refractivity contribution in [3.63, 3.8) is 0 Å². The minimum atomic E-state index is -1.95. The first-order chi connectivity index (χ1) is 15.5. The van der Waals surface area contributed by atoms with Crippen molar-refractivity contribution in [3.8, 4) is 0 Å². The minimum absolute atomic E-state index is 0.0895. The Kier molecular flexibility index (Phi) is 8.62. The van der Waals surface area contributed by atoms with Gasteiger partial charge in [0.2, 0.25) is 5.91 Å². The highest BCUT2D eigenvalue weighted by molar-refractivity contribution is 6.74. The topological polar surface area (TPSA) is 42.0 Å². The second-order valence-electron chi connectivity index (χ2n) is 11.0. The van der Waals surface area contributed by atoms with E-state index in [0.29, 0.717) is 50.1 Å². The Labute approximate surface area is 200 Å². The second-order valence-corrected chi connectivity index (χ2v) is 15.8. The van der Waals surface area contributed by atoms with E-state index >= 15 is 4.39 Å². The quantitative estimate of drug-likeness (QED) is 0.479. The average Bonchev–Trinajstić information content (AvgIpc) is 2.78. The monoisotopic (exact) mass is 478 g/mol. The number of nitrogens with zero attached hydrogens (tertiary/aromatic N) is 2. The van der Waals surface area contributed by atoms with Crippen LogP contribution in [-0.2, 0) is 20.6 Å². The van der Waals surface area contributed by atoms with Crippen molar-refractivity contribution in [3.05, 3.63) is 29.6 Å². The van der Waals surface area contributed by atoms with Crippen LogP contribution in [0.3, 0.4) is 0 Å². The van der Waals surface area contributed by atoms with Crippen LogP contribution in [0.4, 0.5) is 10.1 Å². The van der Waals surface area contributed by atoms with Gasteiger partial charge >= 0.3 is 0 Å². The molecule has 186 valence electrons. The summed E-state index contributed by atoms with van der Waals surface area (Å²) in [6.45, 7) is 16.6. The average molecular weight is 479 g/mol. The van der Waals surface area contributed by atoms with Crippen molar-refractivity contribution in [2.75, 3.05) is 37.7 Å². The maximum Gasteiger partial charge on any atom is 0.225 e. The van der Waals surface area contributed by atoms with Crippen LogP contribution in [0.15, 0.2) is 18.2 Å². The van der Waals surface area contributed by atoms with E-state index < -0.39 is 8.32 Å². The summed E-state index contributed by atoms with van der Waals surface area (Å²) < 4.78 is 27.4. The van der Waals surface area contributed by atoms with Gasteiger partial charge in [-0.1, -0.05) is 32.9 Å². The molecular weight excluding hydrogens is 435 g/mol. The van der Waals surface area contributed by atoms with E-state index in [-0.39, 0.29) is 22.7 Å². The number of carbonyl (C=O) groups excluding carboxylic acids is 1. The van der Waals surface area contributed by atoms with Gasteiger partial charge in [0.05, 0.1) is 18.4 Å². The van der Waals surface area contributed by atoms with E-state index in [1.54, 1.807) is 0 Å². The molecule has 1 heterocycles. The molecule has 2 aliphatic rings. The number of ether oxygens (including phenoxy) is 1. The molecule has 0 unspecified atom stereocenters. The van der Waals surface area contributed by atoms with Crippen LogP contribution >= 0.6 is 0 Å². The molecule has 1 aliphatic carbocycles. The number of piperazine rings is 1. The van der Waals surface area contributed by atoms with Crippen LogP contribution in [-0.4, -0.2) is 58.0 Å². The Hall–Kier alpha value is -1.44. The standard InChI is InChI=1S/C26H43FN2O3Si/c1-7-31-22-13-11-20(12-14-22)25(30)29-17-15-28(16-18-29)23-10-8-9-21(24(23)27)19-32-33(5,6)26(2,3)4/h8-10,20,22H,7,11-19H2,1-6H3/t20-,22-. The Bertz CT molecular complexity index is 795. The maximum atomic E-state index is 15.4. The van der Waals surface area contributed by atoms with Crippen LogP contribution in [0, 0.1) is 11.7 Å². The van der Waals surface area contributed by atoms with Gasteiger partial charge in [0.15, 0.2) is 14.1 Å². The molecule has 5 nitrogen and oxygen atoms in total. The summed E-state index contributed by atoms with van der Waals surface area (Å²) in [6.07, 6.45) is 4.08. The molecule has 1 aromatic carbocycles. The normalized spacial score (nSPS) is 22.5. The van der Waals surface area contributed by atoms with Gasteiger partial charge < -0.3 is 19.0 Å². The van der Waals surface area contributed by atoms with E-state index in [9.17, 15) is 4.79 Å². The summed E-state index contributed by atoms with van der Waals surface area (Å²) in [5.74, 6) is 0.188. The Morgan fingerprint density at radius 2 is 1.73 bits per heavy atom. The highest BCUT2D eigenvalue weighted by Gasteiger charge is 2.37. The zero-order valence-electron chi connectivity index (χ0n) is 21.5. The predicted molar refractivity (Wildman–Crippen MR) is 135 cm³/mol. The number of carbonyl (C=O) groups is 1. The third-order valence-corrected chi connectivity index (χ3v) is 12.3. The largest absolute Gasteiger partial charge is 0.412 e. The van der Waals surface area contributed by atoms with Gasteiger partial charge in [-0.15, -0.1) is 0 Å². The van der Waals surface area contributed by atoms with Crippen molar-refractivity contribution in [1.29, 1.82) is 0 Å². The molecule has 7 heteroatoms. The molecule has 1 amide bonds. The number of benzene rings is 1. The SMILES string of the molecule is CCO[C@H]1CC[C@H](C(=O)N2CCN(c3cccc(CO[Si](C)(C)C(C)(C)C)c3F)CC2)CC1. The van der Waals surface area contributed by atoms with E-state index in [1.807, 2.05) is 30.0 Å². The summed E-state index contributed by atoms with van der Waals surface area (Å²) in [5.41, 5.74) is 1.23. The van der Waals surface area contributed by atoms with Gasteiger partial charge in [-0.25, -0.2) is 4.39 Å². The van der Waals surface area contributed by atoms with Crippen LogP contribution in [0.5, 0.6) is 0 Å². The lowest BCUT2D eigenvalue weighted by Gasteiger charge is -2.39. The molecule has 1 saturated heterocycles. The highest BCUT2D eigenvalue weighted by atomic mass is 28.4. The lowest BCUT2D eigenvalue weighted by atomic mass is 9.86. The zero-order valence-corrected chi connectivity index (χ0v) is 22.5. The molecule has 0 N–H and O–H groups in total. The lowest BCUT2D eigenvalue weighted by molar-refractivity contribution is -0.137. The molecule has 0 bridgehead atoms. The molecule has 0 spiro atoms. The Morgan fingerprint density at radius 1 is 1.09 bits per heavy atom. The molecular formula is C26H43FN2O3Si. The van der Waals surface area contributed by atoms with Gasteiger partial charge in [-0.05, 0) is 56.8 Å². The first-order valence-electron chi connectivity index (χ1n) is 12.6. The zero-order chi connectivity index (χ0) is 24.2. The fourth-order valence-electron chi connectivity index (χ4n) is 4.53. The summed E-state index contributed by atoms with van der Waals surface area (Å²) in [6, 6.07) is 5.58. The predicted octanol–water partition coefficient (Wildman–Crippen LogP) is 5.59. The van der Waals surface area contributed by atoms with Crippen molar-refractivity contribution < 1.29 is 18.3 Å². The molecule has 3 rings (SSSR count). The fraction of sp³-hybridized carbons (Fsp3) is 0.731. The summed E-state index contributed by atoms with van der Waals surface area (Å²) in [7, 11) is -1.95. The first kappa shape index (κ1) is 26.2. The Morgan fingerprint density at radius 3 is 2.30 bits per heavy atom. The van der Waals surface area contributed by atoms with Gasteiger partial charge in [0.1, 0.15) is 0 Å². The molecule has 0 aromatic heterocycles. The number of hydrogen-bond donors (Lipinski definition) is 0. The first-order valence-corrected chi connectivity index (χ1v) is 15.5. The summed E-state index contributed by atoms with van der Waals surface area (Å²) in [4.78, 5) is 17.1. The minimum Gasteiger partial charge on any atom is -0.412 e. The number of rotatable bonds is 7. The van der Waals surface area contributed by atoms with Gasteiger partial charge in [-0.3, -0.25) is 4.79 Å². The molecule has 2 fully saturated rings. The molecule has 33 heavy (non-hydrogen) atoms. The summed E-state index contributed by atoms with van der Waals surface area (Å²) >= 11 is 0. The van der Waals surface area contributed by atoms with E-state index in [2.05, 4.69) is 38.8 Å². The van der Waals surface area contributed by atoms with Gasteiger partial charge in [0, 0.05) is 44.3 Å². The number of halogens is 1. The number of amides is 1. The van der Waals surface area contributed by atoms with Crippen molar-refractivity contribution >= 4 is 19.9 Å². The smallest absolute Gasteiger partial charge is 0.225 e. The van der Waals surface area contributed by atoms with Crippen LogP contribution in [0.25, 0.3) is 0 Å². The highest BCUT2D eigenvalue weighted by Crippen LogP contribution is 2.37. The molecule has 1 saturated carbocycles. The molecule has 0 atom stereocenters. The third kappa shape index (κ3) is 6.37. The second kappa shape index (κ2) is 10.9. The van der Waals surface area contributed by atoms with Crippen molar-refractivity contribution in [2.24, 2.45) is 5.92 Å². The van der Waals surface area contributed by atoms with Crippen LogP contribution in [0.1, 0.15) is 58.9 Å². The Balaban J connectivity index is 1.55. The van der Waals surface area contributed by atoms with Crippen LogP contribution < -0.4 is 4.90 Å². The van der Waals surface area contributed by atoms with Crippen LogP contribution in [0.2, 0.25) is 18.1 Å². The number of anilines is 1. The summed E-state index contributed by atoms with van der Waals surface area (Å²) in [5, 5.41) is 0.0895. The van der Waals surface area contributed by atoms with Crippen molar-refractivity contribution in [1.82, 2.24) is 4.90 Å². The van der Waals surface area contributed by atoms with Gasteiger partial charge in [-0.2, -0.15) is 0 Å². The van der Waals surface area contributed by atoms with E-state index in [1.165, 1.54) is 0 Å². The molecule has 0 radical (unpaired) electrons. The van der Waals surface area contributed by atoms with Gasteiger partial charge in [0.25, 0.3) is 0 Å². The lowest BCUT2D eigenvalue weighted by Crippen LogP contribution is -2.51. The maximum absolute atomic E-state index is 15.4. The fourth-order valence-corrected chi connectivity index (χ4v) is 5.48. The molecule has 1 aliphatic heterocycles. The van der Waals surface area contributed by atoms with E-state index in [4.69, 9.17) is 9.16 Å². The number of hydrogen-bond acceptors (Lipinski definition) is 4. The molecule has 1 aromatic rings. The van der Waals surface area contributed by atoms with E-state index in [0.717, 1.165) is 32.3 Å². The van der Waals surface area contributed by atoms with Crippen molar-refractivity contribution in [2.45, 2.75) is 84.2 Å².